The lowest BCUT2D eigenvalue weighted by Gasteiger charge is -2.30. The van der Waals surface area contributed by atoms with Gasteiger partial charge in [-0.05, 0) is 57.0 Å². The summed E-state index contributed by atoms with van der Waals surface area (Å²) in [5, 5.41) is 6.51. The zero-order chi connectivity index (χ0) is 17.5. The van der Waals surface area contributed by atoms with Crippen LogP contribution in [-0.2, 0) is 11.2 Å². The number of carbonyl (C=O) groups is 1. The Kier molecular flexibility index (Phi) is 7.37. The van der Waals surface area contributed by atoms with Gasteiger partial charge in [0.15, 0.2) is 11.5 Å². The predicted molar refractivity (Wildman–Crippen MR) is 98.8 cm³/mol. The van der Waals surface area contributed by atoms with Gasteiger partial charge in [-0.2, -0.15) is 0 Å². The predicted octanol–water partition coefficient (Wildman–Crippen LogP) is 2.90. The summed E-state index contributed by atoms with van der Waals surface area (Å²) in [4.78, 5) is 12.4. The SMILES string of the molecule is CCOc1cc(Br)c(CC(=O)NC2CCNCC2C)cc1OCC. The molecule has 1 aromatic carbocycles. The maximum atomic E-state index is 12.4. The quantitative estimate of drug-likeness (QED) is 0.741. The molecule has 2 atom stereocenters. The molecule has 2 N–H and O–H groups in total. The average Bonchev–Trinajstić information content (AvgIpc) is 2.54. The number of nitrogens with one attached hydrogen (secondary N) is 2. The van der Waals surface area contributed by atoms with E-state index in [9.17, 15) is 4.79 Å². The molecule has 6 heteroatoms. The van der Waals surface area contributed by atoms with E-state index in [1.165, 1.54) is 0 Å². The smallest absolute Gasteiger partial charge is 0.224 e. The minimum Gasteiger partial charge on any atom is -0.490 e. The number of piperidine rings is 1. The number of rotatable bonds is 7. The molecule has 5 nitrogen and oxygen atoms in total. The van der Waals surface area contributed by atoms with Crippen molar-refractivity contribution in [3.63, 3.8) is 0 Å². The third kappa shape index (κ3) is 5.11. The van der Waals surface area contributed by atoms with Crippen molar-refractivity contribution in [2.24, 2.45) is 5.92 Å². The first-order valence-corrected chi connectivity index (χ1v) is 9.42. The highest BCUT2D eigenvalue weighted by Gasteiger charge is 2.23. The van der Waals surface area contributed by atoms with Crippen molar-refractivity contribution >= 4 is 21.8 Å². The molecule has 0 saturated carbocycles. The number of benzene rings is 1. The van der Waals surface area contributed by atoms with Gasteiger partial charge in [-0.1, -0.05) is 22.9 Å². The molecule has 0 spiro atoms. The lowest BCUT2D eigenvalue weighted by atomic mass is 9.95. The Bertz CT molecular complexity index is 565. The first kappa shape index (κ1) is 19.1. The molecule has 1 aliphatic rings. The van der Waals surface area contributed by atoms with Crippen LogP contribution in [0.2, 0.25) is 0 Å². The summed E-state index contributed by atoms with van der Waals surface area (Å²) >= 11 is 3.54. The van der Waals surface area contributed by atoms with Gasteiger partial charge in [0, 0.05) is 10.5 Å². The van der Waals surface area contributed by atoms with Crippen LogP contribution >= 0.6 is 15.9 Å². The summed E-state index contributed by atoms with van der Waals surface area (Å²) in [5.74, 6) is 1.87. The largest absolute Gasteiger partial charge is 0.490 e. The monoisotopic (exact) mass is 398 g/mol. The molecule has 1 fully saturated rings. The second-order valence-corrected chi connectivity index (χ2v) is 6.93. The highest BCUT2D eigenvalue weighted by atomic mass is 79.9. The Morgan fingerprint density at radius 2 is 1.96 bits per heavy atom. The fourth-order valence-electron chi connectivity index (χ4n) is 2.91. The van der Waals surface area contributed by atoms with Crippen LogP contribution in [0.1, 0.15) is 32.8 Å². The zero-order valence-electron chi connectivity index (χ0n) is 14.7. The summed E-state index contributed by atoms with van der Waals surface area (Å²) in [6, 6.07) is 4.01. The van der Waals surface area contributed by atoms with Gasteiger partial charge in [0.25, 0.3) is 0 Å². The Morgan fingerprint density at radius 3 is 2.58 bits per heavy atom. The van der Waals surface area contributed by atoms with Crippen LogP contribution in [0.15, 0.2) is 16.6 Å². The second kappa shape index (κ2) is 9.28. The van der Waals surface area contributed by atoms with Crippen LogP contribution in [0.3, 0.4) is 0 Å². The van der Waals surface area contributed by atoms with Gasteiger partial charge in [-0.3, -0.25) is 4.79 Å². The minimum atomic E-state index is 0.0426. The molecule has 1 amide bonds. The highest BCUT2D eigenvalue weighted by Crippen LogP contribution is 2.34. The van der Waals surface area contributed by atoms with Crippen LogP contribution in [-0.4, -0.2) is 38.3 Å². The van der Waals surface area contributed by atoms with E-state index in [0.29, 0.717) is 37.1 Å². The number of ether oxygens (including phenoxy) is 2. The van der Waals surface area contributed by atoms with Crippen LogP contribution in [0.25, 0.3) is 0 Å². The molecule has 2 rings (SSSR count). The molecule has 0 aliphatic carbocycles. The van der Waals surface area contributed by atoms with E-state index >= 15 is 0 Å². The van der Waals surface area contributed by atoms with E-state index in [4.69, 9.17) is 9.47 Å². The summed E-state index contributed by atoms with van der Waals surface area (Å²) in [6.45, 7) is 9.06. The van der Waals surface area contributed by atoms with E-state index < -0.39 is 0 Å². The lowest BCUT2D eigenvalue weighted by molar-refractivity contribution is -0.121. The van der Waals surface area contributed by atoms with Crippen molar-refractivity contribution in [1.29, 1.82) is 0 Å². The maximum absolute atomic E-state index is 12.4. The molecule has 0 aromatic heterocycles. The zero-order valence-corrected chi connectivity index (χ0v) is 16.2. The standard InChI is InChI=1S/C18H27BrN2O3/c1-4-23-16-8-13(14(19)10-17(16)24-5-2)9-18(22)21-15-6-7-20-11-12(15)3/h8,10,12,15,20H,4-7,9,11H2,1-3H3,(H,21,22). The molecule has 1 heterocycles. The van der Waals surface area contributed by atoms with E-state index in [2.05, 4.69) is 33.5 Å². The number of hydrogen-bond acceptors (Lipinski definition) is 4. The molecule has 1 aliphatic heterocycles. The molecule has 24 heavy (non-hydrogen) atoms. The van der Waals surface area contributed by atoms with Crippen LogP contribution in [0, 0.1) is 5.92 Å². The first-order chi connectivity index (χ1) is 11.5. The Balaban J connectivity index is 2.07. The Hall–Kier alpha value is -1.27. The van der Waals surface area contributed by atoms with Crippen molar-refractivity contribution in [2.75, 3.05) is 26.3 Å². The molecular weight excluding hydrogens is 372 g/mol. The summed E-state index contributed by atoms with van der Waals surface area (Å²) in [7, 11) is 0. The summed E-state index contributed by atoms with van der Waals surface area (Å²) in [5.41, 5.74) is 0.904. The fourth-order valence-corrected chi connectivity index (χ4v) is 3.37. The van der Waals surface area contributed by atoms with Gasteiger partial charge >= 0.3 is 0 Å². The number of hydrogen-bond donors (Lipinski definition) is 2. The topological polar surface area (TPSA) is 59.6 Å². The van der Waals surface area contributed by atoms with E-state index in [1.807, 2.05) is 26.0 Å². The molecule has 1 saturated heterocycles. The fraction of sp³-hybridized carbons (Fsp3) is 0.611. The number of carbonyl (C=O) groups excluding carboxylic acids is 1. The molecule has 134 valence electrons. The Labute approximate surface area is 152 Å². The highest BCUT2D eigenvalue weighted by molar-refractivity contribution is 9.10. The van der Waals surface area contributed by atoms with Crippen molar-refractivity contribution in [1.82, 2.24) is 10.6 Å². The third-order valence-corrected chi connectivity index (χ3v) is 4.93. The van der Waals surface area contributed by atoms with Gasteiger partial charge in [-0.25, -0.2) is 0 Å². The van der Waals surface area contributed by atoms with E-state index in [-0.39, 0.29) is 11.9 Å². The molecule has 1 aromatic rings. The summed E-state index contributed by atoms with van der Waals surface area (Å²) < 4.78 is 12.1. The Morgan fingerprint density at radius 1 is 1.29 bits per heavy atom. The average molecular weight is 399 g/mol. The van der Waals surface area contributed by atoms with Crippen molar-refractivity contribution < 1.29 is 14.3 Å². The molecule has 0 bridgehead atoms. The molecule has 0 radical (unpaired) electrons. The minimum absolute atomic E-state index is 0.0426. The summed E-state index contributed by atoms with van der Waals surface area (Å²) in [6.07, 6.45) is 1.30. The second-order valence-electron chi connectivity index (χ2n) is 6.08. The van der Waals surface area contributed by atoms with Crippen LogP contribution in [0.5, 0.6) is 11.5 Å². The van der Waals surface area contributed by atoms with Gasteiger partial charge < -0.3 is 20.1 Å². The van der Waals surface area contributed by atoms with Crippen LogP contribution in [0.4, 0.5) is 0 Å². The third-order valence-electron chi connectivity index (χ3n) is 4.20. The van der Waals surface area contributed by atoms with Crippen molar-refractivity contribution in [2.45, 2.75) is 39.7 Å². The van der Waals surface area contributed by atoms with E-state index in [0.717, 1.165) is 29.5 Å². The molecular formula is C18H27BrN2O3. The van der Waals surface area contributed by atoms with Gasteiger partial charge in [0.2, 0.25) is 5.91 Å². The maximum Gasteiger partial charge on any atom is 0.224 e. The van der Waals surface area contributed by atoms with Gasteiger partial charge in [-0.15, -0.1) is 0 Å². The lowest BCUT2D eigenvalue weighted by Crippen LogP contribution is -2.48. The van der Waals surface area contributed by atoms with Gasteiger partial charge in [0.05, 0.1) is 19.6 Å². The van der Waals surface area contributed by atoms with Crippen molar-refractivity contribution in [3.8, 4) is 11.5 Å². The normalized spacial score (nSPS) is 20.5. The van der Waals surface area contributed by atoms with Crippen molar-refractivity contribution in [3.05, 3.63) is 22.2 Å². The first-order valence-electron chi connectivity index (χ1n) is 8.63. The number of halogens is 1. The van der Waals surface area contributed by atoms with Crippen LogP contribution < -0.4 is 20.1 Å². The number of amides is 1. The molecule has 2 unspecified atom stereocenters. The van der Waals surface area contributed by atoms with E-state index in [1.54, 1.807) is 0 Å². The van der Waals surface area contributed by atoms with Gasteiger partial charge in [0.1, 0.15) is 0 Å².